The molecular weight excluding hydrogens is 264 g/mol. The summed E-state index contributed by atoms with van der Waals surface area (Å²) in [4.78, 5) is 14.9. The van der Waals surface area contributed by atoms with Crippen molar-refractivity contribution in [3.8, 4) is 0 Å². The molecule has 4 heteroatoms. The number of carbonyl (C=O) groups excluding carboxylic acids is 1. The van der Waals surface area contributed by atoms with Crippen molar-refractivity contribution in [3.63, 3.8) is 0 Å². The molecule has 1 unspecified atom stereocenters. The maximum Gasteiger partial charge on any atom is 0.244 e. The van der Waals surface area contributed by atoms with Crippen molar-refractivity contribution in [1.82, 2.24) is 10.2 Å². The molecule has 3 aliphatic rings. The molecule has 0 aromatic carbocycles. The first-order valence-electron chi connectivity index (χ1n) is 8.92. The molecule has 4 nitrogen and oxygen atoms in total. The molecule has 120 valence electrons. The van der Waals surface area contributed by atoms with Gasteiger partial charge >= 0.3 is 0 Å². The van der Waals surface area contributed by atoms with Gasteiger partial charge in [0.2, 0.25) is 5.91 Å². The number of hydrogen-bond acceptors (Lipinski definition) is 3. The third-order valence-corrected chi connectivity index (χ3v) is 5.25. The van der Waals surface area contributed by atoms with Gasteiger partial charge in [-0.1, -0.05) is 26.2 Å². The van der Waals surface area contributed by atoms with Gasteiger partial charge in [0, 0.05) is 19.8 Å². The molecule has 0 radical (unpaired) electrons. The van der Waals surface area contributed by atoms with Crippen molar-refractivity contribution >= 4 is 5.91 Å². The standard InChI is InChI=1S/C17H30N2O2/c1-2-6-15-18-17(9-3-4-10-17)16(20)19(15)11-5-12-21-13-14-7-8-14/h14-15,18H,2-13H2,1H3. The van der Waals surface area contributed by atoms with E-state index in [4.69, 9.17) is 4.74 Å². The lowest BCUT2D eigenvalue weighted by Gasteiger charge is -2.23. The van der Waals surface area contributed by atoms with Gasteiger partial charge in [-0.05, 0) is 44.4 Å². The zero-order valence-electron chi connectivity index (χ0n) is 13.4. The smallest absolute Gasteiger partial charge is 0.244 e. The van der Waals surface area contributed by atoms with Crippen LogP contribution < -0.4 is 5.32 Å². The third kappa shape index (κ3) is 3.42. The highest BCUT2D eigenvalue weighted by Gasteiger charge is 2.51. The minimum atomic E-state index is -0.214. The zero-order valence-corrected chi connectivity index (χ0v) is 13.4. The van der Waals surface area contributed by atoms with Crippen LogP contribution in [0.4, 0.5) is 0 Å². The lowest BCUT2D eigenvalue weighted by atomic mass is 9.98. The lowest BCUT2D eigenvalue weighted by molar-refractivity contribution is -0.133. The molecular formula is C17H30N2O2. The van der Waals surface area contributed by atoms with E-state index in [9.17, 15) is 4.79 Å². The normalized spacial score (nSPS) is 28.0. The molecule has 0 aromatic heterocycles. The van der Waals surface area contributed by atoms with Crippen molar-refractivity contribution < 1.29 is 9.53 Å². The van der Waals surface area contributed by atoms with Gasteiger partial charge in [0.25, 0.3) is 0 Å². The molecule has 2 aliphatic carbocycles. The molecule has 1 atom stereocenters. The summed E-state index contributed by atoms with van der Waals surface area (Å²) in [5, 5.41) is 3.67. The maximum absolute atomic E-state index is 12.8. The Hall–Kier alpha value is -0.610. The number of hydrogen-bond donors (Lipinski definition) is 1. The molecule has 21 heavy (non-hydrogen) atoms. The van der Waals surface area contributed by atoms with E-state index in [0.717, 1.165) is 57.8 Å². The molecule has 1 spiro atoms. The van der Waals surface area contributed by atoms with Gasteiger partial charge in [0.05, 0.1) is 11.7 Å². The first kappa shape index (κ1) is 15.3. The van der Waals surface area contributed by atoms with Crippen LogP contribution >= 0.6 is 0 Å². The lowest BCUT2D eigenvalue weighted by Crippen LogP contribution is -2.44. The Kier molecular flexibility index (Phi) is 4.85. The van der Waals surface area contributed by atoms with Crippen LogP contribution in [-0.4, -0.2) is 42.3 Å². The quantitative estimate of drug-likeness (QED) is 0.700. The van der Waals surface area contributed by atoms with Crippen molar-refractivity contribution in [2.24, 2.45) is 5.92 Å². The van der Waals surface area contributed by atoms with Crippen LogP contribution in [0.5, 0.6) is 0 Å². The van der Waals surface area contributed by atoms with Gasteiger partial charge in [0.1, 0.15) is 0 Å². The van der Waals surface area contributed by atoms with E-state index in [1.807, 2.05) is 0 Å². The monoisotopic (exact) mass is 294 g/mol. The van der Waals surface area contributed by atoms with Gasteiger partial charge in [0.15, 0.2) is 0 Å². The van der Waals surface area contributed by atoms with E-state index in [2.05, 4.69) is 17.1 Å². The first-order chi connectivity index (χ1) is 10.2. The Balaban J connectivity index is 1.49. The summed E-state index contributed by atoms with van der Waals surface area (Å²) in [7, 11) is 0. The average molecular weight is 294 g/mol. The molecule has 1 amide bonds. The summed E-state index contributed by atoms with van der Waals surface area (Å²) >= 11 is 0. The molecule has 1 heterocycles. The van der Waals surface area contributed by atoms with Crippen LogP contribution in [0.15, 0.2) is 0 Å². The second-order valence-corrected chi connectivity index (χ2v) is 7.11. The summed E-state index contributed by atoms with van der Waals surface area (Å²) < 4.78 is 5.71. The SMILES string of the molecule is CCCC1NC2(CCCC2)C(=O)N1CCCOCC1CC1. The van der Waals surface area contributed by atoms with Crippen LogP contribution in [0.3, 0.4) is 0 Å². The molecule has 1 aliphatic heterocycles. The minimum Gasteiger partial charge on any atom is -0.381 e. The van der Waals surface area contributed by atoms with Crippen molar-refractivity contribution in [2.45, 2.75) is 76.4 Å². The topological polar surface area (TPSA) is 41.6 Å². The van der Waals surface area contributed by atoms with E-state index in [-0.39, 0.29) is 11.7 Å². The van der Waals surface area contributed by atoms with Crippen molar-refractivity contribution in [3.05, 3.63) is 0 Å². The number of rotatable bonds is 8. The van der Waals surface area contributed by atoms with E-state index < -0.39 is 0 Å². The van der Waals surface area contributed by atoms with Crippen LogP contribution in [0.2, 0.25) is 0 Å². The molecule has 3 fully saturated rings. The highest BCUT2D eigenvalue weighted by atomic mass is 16.5. The molecule has 1 N–H and O–H groups in total. The molecule has 2 saturated carbocycles. The van der Waals surface area contributed by atoms with E-state index >= 15 is 0 Å². The highest BCUT2D eigenvalue weighted by molar-refractivity contribution is 5.89. The van der Waals surface area contributed by atoms with Crippen LogP contribution in [0.25, 0.3) is 0 Å². The predicted molar refractivity (Wildman–Crippen MR) is 82.9 cm³/mol. The van der Waals surface area contributed by atoms with Gasteiger partial charge in [-0.3, -0.25) is 10.1 Å². The van der Waals surface area contributed by atoms with Gasteiger partial charge in [-0.25, -0.2) is 0 Å². The summed E-state index contributed by atoms with van der Waals surface area (Å²) in [6.45, 7) is 4.77. The highest BCUT2D eigenvalue weighted by Crippen LogP contribution is 2.37. The predicted octanol–water partition coefficient (Wildman–Crippen LogP) is 2.67. The summed E-state index contributed by atoms with van der Waals surface area (Å²) in [5.74, 6) is 1.19. The van der Waals surface area contributed by atoms with Crippen LogP contribution in [0, 0.1) is 5.92 Å². The number of nitrogens with zero attached hydrogens (tertiary/aromatic N) is 1. The second-order valence-electron chi connectivity index (χ2n) is 7.11. The summed E-state index contributed by atoms with van der Waals surface area (Å²) in [5.41, 5.74) is -0.214. The average Bonchev–Trinajstić information content (AvgIpc) is 3.12. The van der Waals surface area contributed by atoms with Gasteiger partial charge < -0.3 is 9.64 Å². The Morgan fingerprint density at radius 3 is 2.76 bits per heavy atom. The fourth-order valence-electron chi connectivity index (χ4n) is 3.84. The van der Waals surface area contributed by atoms with Crippen LogP contribution in [0.1, 0.15) is 64.7 Å². The number of nitrogens with one attached hydrogen (secondary N) is 1. The maximum atomic E-state index is 12.8. The fraction of sp³-hybridized carbons (Fsp3) is 0.941. The Labute approximate surface area is 128 Å². The zero-order chi connectivity index (χ0) is 14.7. The molecule has 1 saturated heterocycles. The Morgan fingerprint density at radius 1 is 1.33 bits per heavy atom. The molecule has 3 rings (SSSR count). The Morgan fingerprint density at radius 2 is 2.10 bits per heavy atom. The number of ether oxygens (including phenoxy) is 1. The number of carbonyl (C=O) groups is 1. The fourth-order valence-corrected chi connectivity index (χ4v) is 3.84. The molecule has 0 aromatic rings. The van der Waals surface area contributed by atoms with Gasteiger partial charge in [-0.2, -0.15) is 0 Å². The largest absolute Gasteiger partial charge is 0.381 e. The van der Waals surface area contributed by atoms with E-state index in [1.54, 1.807) is 0 Å². The van der Waals surface area contributed by atoms with Crippen molar-refractivity contribution in [1.29, 1.82) is 0 Å². The minimum absolute atomic E-state index is 0.214. The Bertz CT molecular complexity index is 362. The van der Waals surface area contributed by atoms with Gasteiger partial charge in [-0.15, -0.1) is 0 Å². The summed E-state index contributed by atoms with van der Waals surface area (Å²) in [6, 6.07) is 0. The molecule has 0 bridgehead atoms. The van der Waals surface area contributed by atoms with E-state index in [0.29, 0.717) is 5.91 Å². The van der Waals surface area contributed by atoms with Crippen LogP contribution in [-0.2, 0) is 9.53 Å². The van der Waals surface area contributed by atoms with E-state index in [1.165, 1.54) is 25.7 Å². The van der Waals surface area contributed by atoms with Crippen molar-refractivity contribution in [2.75, 3.05) is 19.8 Å². The number of amides is 1. The second kappa shape index (κ2) is 6.66. The summed E-state index contributed by atoms with van der Waals surface area (Å²) in [6.07, 6.45) is 10.5. The first-order valence-corrected chi connectivity index (χ1v) is 8.92. The third-order valence-electron chi connectivity index (χ3n) is 5.25.